The number of amides is 1. The molecular formula is C23H22N2O4. The van der Waals surface area contributed by atoms with Crippen LogP contribution in [-0.2, 0) is 13.0 Å². The van der Waals surface area contributed by atoms with Crippen molar-refractivity contribution < 1.29 is 18.8 Å². The summed E-state index contributed by atoms with van der Waals surface area (Å²) in [7, 11) is 0. The smallest absolute Gasteiger partial charge is 0.276 e. The highest BCUT2D eigenvalue weighted by Gasteiger charge is 2.29. The highest BCUT2D eigenvalue weighted by atomic mass is 16.5. The van der Waals surface area contributed by atoms with Gasteiger partial charge in [-0.2, -0.15) is 0 Å². The average molecular weight is 390 g/mol. The Morgan fingerprint density at radius 3 is 2.83 bits per heavy atom. The molecule has 6 nitrogen and oxygen atoms in total. The second kappa shape index (κ2) is 7.91. The number of carbonyl (C=O) groups excluding carboxylic acids is 2. The zero-order chi connectivity index (χ0) is 20.4. The largest absolute Gasteiger partial charge is 0.486 e. The van der Waals surface area contributed by atoms with E-state index in [1.54, 1.807) is 30.3 Å². The third-order valence-corrected chi connectivity index (χ3v) is 5.26. The Hall–Kier alpha value is -3.41. The fraction of sp³-hybridized carbons (Fsp3) is 0.261. The molecule has 3 aromatic rings. The Morgan fingerprint density at radius 1 is 1.17 bits per heavy atom. The van der Waals surface area contributed by atoms with Crippen LogP contribution in [0.5, 0.6) is 5.75 Å². The number of benzene rings is 2. The van der Waals surface area contributed by atoms with Crippen molar-refractivity contribution in [3.63, 3.8) is 0 Å². The molecule has 2 aromatic carbocycles. The van der Waals surface area contributed by atoms with E-state index in [0.717, 1.165) is 6.42 Å². The van der Waals surface area contributed by atoms with E-state index in [2.05, 4.69) is 17.3 Å². The van der Waals surface area contributed by atoms with Gasteiger partial charge in [0, 0.05) is 18.2 Å². The Bertz CT molecular complexity index is 1060. The first kappa shape index (κ1) is 18.9. The Kier molecular flexibility index (Phi) is 5.16. The summed E-state index contributed by atoms with van der Waals surface area (Å²) in [5.41, 5.74) is 3.30. The normalized spacial score (nSPS) is 15.7. The molecule has 1 amide bonds. The lowest BCUT2D eigenvalue weighted by Crippen LogP contribution is -2.39. The first-order chi connectivity index (χ1) is 14.0. The van der Waals surface area contributed by atoms with Gasteiger partial charge in [0.05, 0.1) is 6.04 Å². The van der Waals surface area contributed by atoms with Crippen LogP contribution in [0.3, 0.4) is 0 Å². The van der Waals surface area contributed by atoms with E-state index in [9.17, 15) is 9.59 Å². The molecule has 148 valence electrons. The van der Waals surface area contributed by atoms with E-state index in [4.69, 9.17) is 9.26 Å². The predicted octanol–water partition coefficient (Wildman–Crippen LogP) is 4.22. The minimum Gasteiger partial charge on any atom is -0.486 e. The predicted molar refractivity (Wildman–Crippen MR) is 107 cm³/mol. The monoisotopic (exact) mass is 390 g/mol. The minimum absolute atomic E-state index is 0.0156. The van der Waals surface area contributed by atoms with Gasteiger partial charge >= 0.3 is 0 Å². The van der Waals surface area contributed by atoms with Crippen LogP contribution >= 0.6 is 0 Å². The second-order valence-corrected chi connectivity index (χ2v) is 7.17. The summed E-state index contributed by atoms with van der Waals surface area (Å²) < 4.78 is 11.0. The maximum atomic E-state index is 13.0. The summed E-state index contributed by atoms with van der Waals surface area (Å²) in [4.78, 5) is 26.3. The van der Waals surface area contributed by atoms with E-state index in [1.807, 2.05) is 24.0 Å². The molecule has 0 saturated heterocycles. The van der Waals surface area contributed by atoms with Gasteiger partial charge in [-0.1, -0.05) is 41.6 Å². The van der Waals surface area contributed by atoms with Crippen molar-refractivity contribution in [2.45, 2.75) is 32.9 Å². The molecule has 0 N–H and O–H groups in total. The molecule has 0 saturated carbocycles. The molecule has 0 aliphatic carbocycles. The summed E-state index contributed by atoms with van der Waals surface area (Å²) in [5.74, 6) is 0.829. The van der Waals surface area contributed by atoms with Gasteiger partial charge in [-0.25, -0.2) is 0 Å². The number of aromatic nitrogens is 1. The van der Waals surface area contributed by atoms with Crippen molar-refractivity contribution in [3.05, 3.63) is 82.7 Å². The quantitative estimate of drug-likeness (QED) is 0.610. The molecule has 1 unspecified atom stereocenters. The molecule has 0 radical (unpaired) electrons. The van der Waals surface area contributed by atoms with Gasteiger partial charge in [0.15, 0.2) is 17.2 Å². The van der Waals surface area contributed by atoms with E-state index in [1.165, 1.54) is 18.1 Å². The van der Waals surface area contributed by atoms with Crippen molar-refractivity contribution in [3.8, 4) is 5.75 Å². The molecular weight excluding hydrogens is 368 g/mol. The van der Waals surface area contributed by atoms with Crippen LogP contribution in [0.4, 0.5) is 0 Å². The lowest BCUT2D eigenvalue weighted by Gasteiger charge is -2.34. The van der Waals surface area contributed by atoms with Crippen molar-refractivity contribution >= 4 is 11.7 Å². The zero-order valence-electron chi connectivity index (χ0n) is 16.4. The number of ketones is 1. The molecule has 1 aliphatic rings. The third-order valence-electron chi connectivity index (χ3n) is 5.26. The lowest BCUT2D eigenvalue weighted by atomic mass is 9.93. The van der Waals surface area contributed by atoms with Gasteiger partial charge in [-0.3, -0.25) is 9.59 Å². The number of fused-ring (bicyclic) bond motifs is 1. The number of ether oxygens (including phenoxy) is 1. The number of hydrogen-bond donors (Lipinski definition) is 0. The molecule has 1 atom stereocenters. The van der Waals surface area contributed by atoms with Crippen LogP contribution in [0, 0.1) is 0 Å². The number of carbonyl (C=O) groups is 2. The van der Waals surface area contributed by atoms with Gasteiger partial charge < -0.3 is 14.2 Å². The molecule has 1 aliphatic heterocycles. The molecule has 2 heterocycles. The highest BCUT2D eigenvalue weighted by Crippen LogP contribution is 2.30. The van der Waals surface area contributed by atoms with Gasteiger partial charge in [0.2, 0.25) is 0 Å². The fourth-order valence-electron chi connectivity index (χ4n) is 3.64. The van der Waals surface area contributed by atoms with Crippen LogP contribution in [0.1, 0.15) is 57.6 Å². The van der Waals surface area contributed by atoms with E-state index >= 15 is 0 Å². The molecule has 29 heavy (non-hydrogen) atoms. The standard InChI is InChI=1S/C23H22N2O4/c1-15-21-9-4-3-6-17(21)10-11-25(15)23(27)22-13-20(29-24-22)14-28-19-8-5-7-18(12-19)16(2)26/h3-9,12-13,15H,10-11,14H2,1-2H3. The first-order valence-corrected chi connectivity index (χ1v) is 9.61. The molecule has 0 bridgehead atoms. The highest BCUT2D eigenvalue weighted by molar-refractivity contribution is 5.94. The lowest BCUT2D eigenvalue weighted by molar-refractivity contribution is 0.0666. The third kappa shape index (κ3) is 3.92. The molecule has 4 rings (SSSR count). The molecule has 0 fully saturated rings. The molecule has 0 spiro atoms. The van der Waals surface area contributed by atoms with Crippen molar-refractivity contribution in [1.82, 2.24) is 10.1 Å². The van der Waals surface area contributed by atoms with Gasteiger partial charge in [-0.15, -0.1) is 0 Å². The van der Waals surface area contributed by atoms with E-state index < -0.39 is 0 Å². The van der Waals surface area contributed by atoms with Gasteiger partial charge in [-0.05, 0) is 43.5 Å². The topological polar surface area (TPSA) is 72.6 Å². The average Bonchev–Trinajstić information content (AvgIpc) is 3.21. The Balaban J connectivity index is 1.43. The number of nitrogens with zero attached hydrogens (tertiary/aromatic N) is 2. The van der Waals surface area contributed by atoms with Crippen LogP contribution < -0.4 is 4.74 Å². The maximum Gasteiger partial charge on any atom is 0.276 e. The summed E-state index contributed by atoms with van der Waals surface area (Å²) in [6.45, 7) is 4.31. The Morgan fingerprint density at radius 2 is 2.00 bits per heavy atom. The summed E-state index contributed by atoms with van der Waals surface area (Å²) >= 11 is 0. The van der Waals surface area contributed by atoms with Crippen LogP contribution in [0.25, 0.3) is 0 Å². The number of rotatable bonds is 5. The number of hydrogen-bond acceptors (Lipinski definition) is 5. The summed E-state index contributed by atoms with van der Waals surface area (Å²) in [6, 6.07) is 16.7. The van der Waals surface area contributed by atoms with Gasteiger partial charge in [0.1, 0.15) is 12.4 Å². The second-order valence-electron chi connectivity index (χ2n) is 7.17. The zero-order valence-corrected chi connectivity index (χ0v) is 16.4. The first-order valence-electron chi connectivity index (χ1n) is 9.61. The summed E-state index contributed by atoms with van der Waals surface area (Å²) in [6.07, 6.45) is 0.826. The van der Waals surface area contributed by atoms with Crippen LogP contribution in [-0.4, -0.2) is 28.3 Å². The fourth-order valence-corrected chi connectivity index (χ4v) is 3.64. The molecule has 6 heteroatoms. The van der Waals surface area contributed by atoms with E-state index in [0.29, 0.717) is 23.6 Å². The maximum absolute atomic E-state index is 13.0. The van der Waals surface area contributed by atoms with Crippen molar-refractivity contribution in [1.29, 1.82) is 0 Å². The van der Waals surface area contributed by atoms with Gasteiger partial charge in [0.25, 0.3) is 5.91 Å². The SMILES string of the molecule is CC(=O)c1cccc(OCc2cc(C(=O)N3CCc4ccccc4C3C)no2)c1. The Labute approximate surface area is 169 Å². The van der Waals surface area contributed by atoms with Crippen LogP contribution in [0.2, 0.25) is 0 Å². The summed E-state index contributed by atoms with van der Waals surface area (Å²) in [5, 5.41) is 3.94. The number of Topliss-reactive ketones (excluding diaryl/α,β-unsaturated/α-hetero) is 1. The molecule has 1 aromatic heterocycles. The van der Waals surface area contributed by atoms with E-state index in [-0.39, 0.29) is 30.0 Å². The minimum atomic E-state index is -0.152. The van der Waals surface area contributed by atoms with Crippen LogP contribution in [0.15, 0.2) is 59.1 Å². The van der Waals surface area contributed by atoms with Crippen molar-refractivity contribution in [2.24, 2.45) is 0 Å². The van der Waals surface area contributed by atoms with Crippen molar-refractivity contribution in [2.75, 3.05) is 6.54 Å².